The molecule has 0 radical (unpaired) electrons. The Hall–Kier alpha value is -1.59. The Morgan fingerprint density at radius 1 is 1.21 bits per heavy atom. The highest BCUT2D eigenvalue weighted by Gasteiger charge is 2.12. The number of hydrogen-bond donors (Lipinski definition) is 2. The summed E-state index contributed by atoms with van der Waals surface area (Å²) in [6, 6.07) is 7.62. The number of aryl methyl sites for hydroxylation is 1. The van der Waals surface area contributed by atoms with Crippen LogP contribution in [0.4, 0.5) is 0 Å². The van der Waals surface area contributed by atoms with E-state index in [1.807, 2.05) is 31.2 Å². The third-order valence-electron chi connectivity index (χ3n) is 2.76. The first kappa shape index (κ1) is 15.5. The van der Waals surface area contributed by atoms with Gasteiger partial charge in [0.2, 0.25) is 5.91 Å². The minimum absolute atomic E-state index is 0.107. The molecule has 0 aliphatic carbocycles. The minimum atomic E-state index is -0.128. The van der Waals surface area contributed by atoms with E-state index in [0.29, 0.717) is 0 Å². The van der Waals surface area contributed by atoms with E-state index in [1.54, 1.807) is 0 Å². The van der Waals surface area contributed by atoms with Crippen LogP contribution in [0.5, 0.6) is 5.75 Å². The van der Waals surface area contributed by atoms with Crippen LogP contribution in [0.2, 0.25) is 0 Å². The topological polar surface area (TPSA) is 70.0 Å². The van der Waals surface area contributed by atoms with Crippen molar-refractivity contribution in [2.75, 3.05) is 32.9 Å². The average molecular weight is 267 g/mol. The quantitative estimate of drug-likeness (QED) is 0.723. The first-order chi connectivity index (χ1) is 9.19. The van der Waals surface area contributed by atoms with Crippen molar-refractivity contribution in [3.8, 4) is 5.75 Å². The van der Waals surface area contributed by atoms with Crippen molar-refractivity contribution in [3.05, 3.63) is 29.8 Å². The second-order valence-corrected chi connectivity index (χ2v) is 4.19. The number of benzene rings is 1. The first-order valence-electron chi connectivity index (χ1n) is 6.37. The second kappa shape index (κ2) is 8.50. The highest BCUT2D eigenvalue weighted by atomic mass is 16.5. The van der Waals surface area contributed by atoms with E-state index < -0.39 is 0 Å². The molecular weight excluding hydrogens is 246 g/mol. The molecule has 1 aromatic rings. The Bertz CT molecular complexity index is 389. The normalized spacial score (nSPS) is 10.3. The number of carbonyl (C=O) groups excluding carboxylic acids is 1. The number of aliphatic hydroxyl groups excluding tert-OH is 2. The predicted octanol–water partition coefficient (Wildman–Crippen LogP) is 0.577. The lowest BCUT2D eigenvalue weighted by Crippen LogP contribution is -2.36. The van der Waals surface area contributed by atoms with Crippen molar-refractivity contribution in [1.82, 2.24) is 4.90 Å². The molecule has 5 nitrogen and oxygen atoms in total. The number of nitrogens with zero attached hydrogens (tertiary/aromatic N) is 1. The van der Waals surface area contributed by atoms with Gasteiger partial charge in [-0.25, -0.2) is 0 Å². The molecule has 0 aliphatic rings. The largest absolute Gasteiger partial charge is 0.493 e. The lowest BCUT2D eigenvalue weighted by atomic mass is 10.2. The van der Waals surface area contributed by atoms with Gasteiger partial charge in [-0.15, -0.1) is 0 Å². The van der Waals surface area contributed by atoms with E-state index in [9.17, 15) is 4.79 Å². The van der Waals surface area contributed by atoms with Crippen molar-refractivity contribution < 1.29 is 19.7 Å². The summed E-state index contributed by atoms with van der Waals surface area (Å²) in [6.07, 6.45) is 0.230. The van der Waals surface area contributed by atoms with Crippen LogP contribution in [0.25, 0.3) is 0 Å². The van der Waals surface area contributed by atoms with E-state index in [1.165, 1.54) is 4.90 Å². The van der Waals surface area contributed by atoms with E-state index in [4.69, 9.17) is 14.9 Å². The summed E-state index contributed by atoms with van der Waals surface area (Å²) < 4.78 is 5.54. The highest BCUT2D eigenvalue weighted by Crippen LogP contribution is 2.16. The molecule has 1 rings (SSSR count). The molecule has 0 saturated carbocycles. The van der Waals surface area contributed by atoms with Crippen LogP contribution in [0, 0.1) is 6.92 Å². The lowest BCUT2D eigenvalue weighted by Gasteiger charge is -2.20. The second-order valence-electron chi connectivity index (χ2n) is 4.19. The molecule has 2 N–H and O–H groups in total. The first-order valence-corrected chi connectivity index (χ1v) is 6.37. The molecule has 5 heteroatoms. The summed E-state index contributed by atoms with van der Waals surface area (Å²) in [4.78, 5) is 13.3. The average Bonchev–Trinajstić information content (AvgIpc) is 2.40. The third kappa shape index (κ3) is 5.28. The molecule has 19 heavy (non-hydrogen) atoms. The number of amides is 1. The van der Waals surface area contributed by atoms with Crippen LogP contribution in [0.15, 0.2) is 24.3 Å². The van der Waals surface area contributed by atoms with Crippen LogP contribution in [0.1, 0.15) is 12.0 Å². The molecule has 1 aromatic carbocycles. The Labute approximate surface area is 113 Å². The van der Waals surface area contributed by atoms with E-state index >= 15 is 0 Å². The molecule has 0 fully saturated rings. The highest BCUT2D eigenvalue weighted by molar-refractivity contribution is 5.76. The zero-order valence-electron chi connectivity index (χ0n) is 11.2. The smallest absolute Gasteiger partial charge is 0.226 e. The van der Waals surface area contributed by atoms with Crippen molar-refractivity contribution >= 4 is 5.91 Å². The van der Waals surface area contributed by atoms with Crippen molar-refractivity contribution in [2.45, 2.75) is 13.3 Å². The maximum Gasteiger partial charge on any atom is 0.226 e. The Morgan fingerprint density at radius 3 is 2.42 bits per heavy atom. The Morgan fingerprint density at radius 2 is 1.84 bits per heavy atom. The fourth-order valence-electron chi connectivity index (χ4n) is 1.73. The number of carbonyl (C=O) groups is 1. The maximum absolute atomic E-state index is 11.8. The number of ether oxygens (including phenoxy) is 1. The third-order valence-corrected chi connectivity index (χ3v) is 2.76. The monoisotopic (exact) mass is 267 g/mol. The summed E-state index contributed by atoms with van der Waals surface area (Å²) >= 11 is 0. The van der Waals surface area contributed by atoms with E-state index in [0.717, 1.165) is 11.3 Å². The zero-order valence-corrected chi connectivity index (χ0v) is 11.2. The summed E-state index contributed by atoms with van der Waals surface area (Å²) in [5.74, 6) is 0.642. The van der Waals surface area contributed by atoms with Crippen molar-refractivity contribution in [1.29, 1.82) is 0 Å². The molecule has 0 saturated heterocycles. The molecular formula is C14H21NO4. The summed E-state index contributed by atoms with van der Waals surface area (Å²) in [7, 11) is 0. The molecule has 0 aromatic heterocycles. The van der Waals surface area contributed by atoms with Gasteiger partial charge in [0.25, 0.3) is 0 Å². The molecule has 1 amide bonds. The standard InChI is InChI=1S/C14H21NO4/c1-12-4-2-3-5-13(12)19-11-6-14(18)15(7-9-16)8-10-17/h2-5,16-17H,6-11H2,1H3. The van der Waals surface area contributed by atoms with Gasteiger partial charge in [0, 0.05) is 13.1 Å². The molecule has 0 bridgehead atoms. The van der Waals surface area contributed by atoms with E-state index in [-0.39, 0.29) is 45.2 Å². The molecule has 0 atom stereocenters. The SMILES string of the molecule is Cc1ccccc1OCCC(=O)N(CCO)CCO. The minimum Gasteiger partial charge on any atom is -0.493 e. The van der Waals surface area contributed by atoms with Gasteiger partial charge in [0.1, 0.15) is 5.75 Å². The van der Waals surface area contributed by atoms with Crippen LogP contribution in [-0.2, 0) is 4.79 Å². The van der Waals surface area contributed by atoms with Gasteiger partial charge < -0.3 is 19.8 Å². The molecule has 0 heterocycles. The van der Waals surface area contributed by atoms with Gasteiger partial charge in [-0.1, -0.05) is 18.2 Å². The number of para-hydroxylation sites is 1. The van der Waals surface area contributed by atoms with Crippen molar-refractivity contribution in [2.24, 2.45) is 0 Å². The van der Waals surface area contributed by atoms with E-state index in [2.05, 4.69) is 0 Å². The number of hydrogen-bond acceptors (Lipinski definition) is 4. The van der Waals surface area contributed by atoms with Gasteiger partial charge in [-0.2, -0.15) is 0 Å². The maximum atomic E-state index is 11.8. The molecule has 0 aliphatic heterocycles. The molecule has 0 spiro atoms. The Balaban J connectivity index is 2.39. The summed E-state index contributed by atoms with van der Waals surface area (Å²) in [6.45, 7) is 2.50. The van der Waals surface area contributed by atoms with Gasteiger partial charge in [0.05, 0.1) is 26.2 Å². The van der Waals surface area contributed by atoms with Crippen molar-refractivity contribution in [3.63, 3.8) is 0 Å². The van der Waals surface area contributed by atoms with Gasteiger partial charge in [0.15, 0.2) is 0 Å². The van der Waals surface area contributed by atoms with Crippen LogP contribution in [0.3, 0.4) is 0 Å². The van der Waals surface area contributed by atoms with Gasteiger partial charge in [-0.05, 0) is 18.6 Å². The fourth-order valence-corrected chi connectivity index (χ4v) is 1.73. The fraction of sp³-hybridized carbons (Fsp3) is 0.500. The van der Waals surface area contributed by atoms with Gasteiger partial charge in [-0.3, -0.25) is 4.79 Å². The summed E-state index contributed by atoms with van der Waals surface area (Å²) in [5, 5.41) is 17.7. The Kier molecular flexibility index (Phi) is 6.92. The molecule has 0 unspecified atom stereocenters. The number of rotatable bonds is 8. The van der Waals surface area contributed by atoms with Crippen LogP contribution in [-0.4, -0.2) is 53.9 Å². The zero-order chi connectivity index (χ0) is 14.1. The van der Waals surface area contributed by atoms with Gasteiger partial charge >= 0.3 is 0 Å². The lowest BCUT2D eigenvalue weighted by molar-refractivity contribution is -0.132. The van der Waals surface area contributed by atoms with Crippen LogP contribution >= 0.6 is 0 Å². The summed E-state index contributed by atoms with van der Waals surface area (Å²) in [5.41, 5.74) is 1.03. The van der Waals surface area contributed by atoms with Crippen LogP contribution < -0.4 is 4.74 Å². The predicted molar refractivity (Wildman–Crippen MR) is 72.0 cm³/mol. The number of aliphatic hydroxyl groups is 2. The molecule has 106 valence electrons.